The molecule has 110 valence electrons. The second kappa shape index (κ2) is 6.81. The number of benzene rings is 1. The Morgan fingerprint density at radius 1 is 1.50 bits per heavy atom. The number of methoxy groups -OCH3 is 1. The lowest BCUT2D eigenvalue weighted by Crippen LogP contribution is -2.26. The molecule has 5 nitrogen and oxygen atoms in total. The summed E-state index contributed by atoms with van der Waals surface area (Å²) in [6.07, 6.45) is 2.39. The van der Waals surface area contributed by atoms with E-state index in [1.54, 1.807) is 12.1 Å². The Labute approximate surface area is 122 Å². The summed E-state index contributed by atoms with van der Waals surface area (Å²) < 4.78 is 10.8. The van der Waals surface area contributed by atoms with Crippen molar-refractivity contribution in [2.75, 3.05) is 13.7 Å². The third kappa shape index (κ3) is 4.02. The van der Waals surface area contributed by atoms with E-state index in [9.17, 15) is 9.90 Å². The van der Waals surface area contributed by atoms with Gasteiger partial charge in [0.15, 0.2) is 11.5 Å². The predicted octanol–water partition coefficient (Wildman–Crippen LogP) is 1.89. The number of aliphatic hydroxyl groups excluding tert-OH is 1. The molecule has 1 saturated carbocycles. The van der Waals surface area contributed by atoms with E-state index in [1.807, 2.05) is 0 Å². The Balaban J connectivity index is 1.94. The van der Waals surface area contributed by atoms with Crippen LogP contribution in [0, 0.1) is 0 Å². The maximum atomic E-state index is 11.6. The average Bonchev–Trinajstić information content (AvgIpc) is 3.23. The zero-order valence-electron chi connectivity index (χ0n) is 11.3. The van der Waals surface area contributed by atoms with Crippen molar-refractivity contribution >= 4 is 17.5 Å². The monoisotopic (exact) mass is 299 g/mol. The predicted molar refractivity (Wildman–Crippen MR) is 75.2 cm³/mol. The lowest BCUT2D eigenvalue weighted by Gasteiger charge is -2.14. The molecule has 6 heteroatoms. The van der Waals surface area contributed by atoms with Gasteiger partial charge in [-0.15, -0.1) is 0 Å². The number of nitrogens with one attached hydrogen (secondary N) is 1. The standard InChI is InChI=1S/C14H18ClNO4/c1-19-12-7-10(15)6-9(8-17)14(12)20-5-4-13(18)16-11-2-3-11/h6-7,11,17H,2-5,8H2,1H3,(H,16,18). The number of rotatable bonds is 7. The van der Waals surface area contributed by atoms with Crippen molar-refractivity contribution in [3.63, 3.8) is 0 Å². The molecule has 1 aromatic carbocycles. The molecule has 2 N–H and O–H groups in total. The first-order valence-corrected chi connectivity index (χ1v) is 6.91. The van der Waals surface area contributed by atoms with Crippen molar-refractivity contribution in [3.8, 4) is 11.5 Å². The number of hydrogen-bond acceptors (Lipinski definition) is 4. The molecule has 0 atom stereocenters. The van der Waals surface area contributed by atoms with E-state index >= 15 is 0 Å². The number of aliphatic hydroxyl groups is 1. The van der Waals surface area contributed by atoms with Crippen LogP contribution in [0.15, 0.2) is 12.1 Å². The number of carbonyl (C=O) groups excluding carboxylic acids is 1. The summed E-state index contributed by atoms with van der Waals surface area (Å²) in [5.41, 5.74) is 0.539. The zero-order valence-corrected chi connectivity index (χ0v) is 12.1. The van der Waals surface area contributed by atoms with Gasteiger partial charge in [-0.3, -0.25) is 4.79 Å². The maximum absolute atomic E-state index is 11.6. The van der Waals surface area contributed by atoms with Gasteiger partial charge < -0.3 is 19.9 Å². The van der Waals surface area contributed by atoms with Gasteiger partial charge in [0.2, 0.25) is 5.91 Å². The molecule has 2 rings (SSSR count). The van der Waals surface area contributed by atoms with Gasteiger partial charge in [0.05, 0.1) is 26.7 Å². The molecule has 0 radical (unpaired) electrons. The van der Waals surface area contributed by atoms with Crippen LogP contribution in [0.25, 0.3) is 0 Å². The number of carbonyl (C=O) groups is 1. The molecule has 0 heterocycles. The Morgan fingerprint density at radius 2 is 2.25 bits per heavy atom. The highest BCUT2D eigenvalue weighted by Crippen LogP contribution is 2.34. The molecule has 1 fully saturated rings. The van der Waals surface area contributed by atoms with Crippen molar-refractivity contribution < 1.29 is 19.4 Å². The van der Waals surface area contributed by atoms with Crippen molar-refractivity contribution in [2.45, 2.75) is 31.9 Å². The fourth-order valence-electron chi connectivity index (χ4n) is 1.83. The summed E-state index contributed by atoms with van der Waals surface area (Å²) in [7, 11) is 1.50. The topological polar surface area (TPSA) is 67.8 Å². The number of hydrogen-bond donors (Lipinski definition) is 2. The molecule has 0 unspecified atom stereocenters. The van der Waals surface area contributed by atoms with Gasteiger partial charge in [-0.1, -0.05) is 11.6 Å². The van der Waals surface area contributed by atoms with E-state index in [0.29, 0.717) is 28.1 Å². The Morgan fingerprint density at radius 3 is 2.85 bits per heavy atom. The Kier molecular flexibility index (Phi) is 5.09. The van der Waals surface area contributed by atoms with Crippen molar-refractivity contribution in [1.29, 1.82) is 0 Å². The van der Waals surface area contributed by atoms with E-state index in [1.165, 1.54) is 7.11 Å². The van der Waals surface area contributed by atoms with Crippen LogP contribution >= 0.6 is 11.6 Å². The number of halogens is 1. The smallest absolute Gasteiger partial charge is 0.223 e. The molecule has 0 saturated heterocycles. The highest BCUT2D eigenvalue weighted by atomic mass is 35.5. The van der Waals surface area contributed by atoms with Crippen LogP contribution < -0.4 is 14.8 Å². The zero-order chi connectivity index (χ0) is 14.5. The maximum Gasteiger partial charge on any atom is 0.223 e. The second-order valence-electron chi connectivity index (χ2n) is 4.69. The van der Waals surface area contributed by atoms with Crippen molar-refractivity contribution in [1.82, 2.24) is 5.32 Å². The highest BCUT2D eigenvalue weighted by molar-refractivity contribution is 6.30. The van der Waals surface area contributed by atoms with Crippen LogP contribution in [-0.4, -0.2) is 30.8 Å². The lowest BCUT2D eigenvalue weighted by atomic mass is 10.2. The minimum atomic E-state index is -0.208. The Hall–Kier alpha value is -1.46. The molecule has 1 aromatic rings. The van der Waals surface area contributed by atoms with Gasteiger partial charge in [0.25, 0.3) is 0 Å². The Bertz CT molecular complexity index is 463. The molecule has 0 aromatic heterocycles. The SMILES string of the molecule is COc1cc(Cl)cc(CO)c1OCCC(=O)NC1CC1. The summed E-state index contributed by atoms with van der Waals surface area (Å²) >= 11 is 5.92. The third-order valence-electron chi connectivity index (χ3n) is 3.00. The van der Waals surface area contributed by atoms with Gasteiger partial charge >= 0.3 is 0 Å². The molecule has 0 spiro atoms. The largest absolute Gasteiger partial charge is 0.493 e. The highest BCUT2D eigenvalue weighted by Gasteiger charge is 2.23. The molecular weight excluding hydrogens is 282 g/mol. The second-order valence-corrected chi connectivity index (χ2v) is 5.13. The van der Waals surface area contributed by atoms with E-state index in [-0.39, 0.29) is 25.5 Å². The average molecular weight is 300 g/mol. The molecule has 1 aliphatic carbocycles. The quantitative estimate of drug-likeness (QED) is 0.807. The van der Waals surface area contributed by atoms with Gasteiger partial charge in [0, 0.05) is 22.7 Å². The lowest BCUT2D eigenvalue weighted by molar-refractivity contribution is -0.121. The molecule has 1 amide bonds. The summed E-state index contributed by atoms with van der Waals surface area (Å²) in [5, 5.41) is 12.7. The molecular formula is C14H18ClNO4. The minimum absolute atomic E-state index is 0.0222. The van der Waals surface area contributed by atoms with E-state index in [4.69, 9.17) is 21.1 Å². The van der Waals surface area contributed by atoms with Gasteiger partial charge in [0.1, 0.15) is 0 Å². The first-order chi connectivity index (χ1) is 9.63. The fourth-order valence-corrected chi connectivity index (χ4v) is 2.06. The molecule has 0 aliphatic heterocycles. The molecule has 20 heavy (non-hydrogen) atoms. The van der Waals surface area contributed by atoms with Gasteiger partial charge in [-0.25, -0.2) is 0 Å². The van der Waals surface area contributed by atoms with E-state index in [2.05, 4.69) is 5.32 Å². The first-order valence-electron chi connectivity index (χ1n) is 6.53. The van der Waals surface area contributed by atoms with Crippen molar-refractivity contribution in [2.24, 2.45) is 0 Å². The fraction of sp³-hybridized carbons (Fsp3) is 0.500. The van der Waals surface area contributed by atoms with Crippen LogP contribution in [0.2, 0.25) is 5.02 Å². The minimum Gasteiger partial charge on any atom is -0.493 e. The van der Waals surface area contributed by atoms with Crippen LogP contribution in [0.4, 0.5) is 0 Å². The van der Waals surface area contributed by atoms with Crippen LogP contribution in [0.3, 0.4) is 0 Å². The molecule has 1 aliphatic rings. The summed E-state index contributed by atoms with van der Waals surface area (Å²) in [5.74, 6) is 0.855. The number of ether oxygens (including phenoxy) is 2. The molecule has 0 bridgehead atoms. The van der Waals surface area contributed by atoms with Crippen LogP contribution in [-0.2, 0) is 11.4 Å². The van der Waals surface area contributed by atoms with E-state index in [0.717, 1.165) is 12.8 Å². The van der Waals surface area contributed by atoms with Crippen LogP contribution in [0.5, 0.6) is 11.5 Å². The summed E-state index contributed by atoms with van der Waals surface area (Å²) in [6, 6.07) is 3.57. The van der Waals surface area contributed by atoms with Gasteiger partial charge in [-0.2, -0.15) is 0 Å². The van der Waals surface area contributed by atoms with E-state index < -0.39 is 0 Å². The van der Waals surface area contributed by atoms with Gasteiger partial charge in [-0.05, 0) is 18.9 Å². The summed E-state index contributed by atoms with van der Waals surface area (Å²) in [4.78, 5) is 11.6. The normalized spacial score (nSPS) is 13.9. The third-order valence-corrected chi connectivity index (χ3v) is 3.22. The first kappa shape index (κ1) is 14.9. The van der Waals surface area contributed by atoms with Crippen molar-refractivity contribution in [3.05, 3.63) is 22.7 Å². The number of amides is 1. The van der Waals surface area contributed by atoms with Crippen LogP contribution in [0.1, 0.15) is 24.8 Å². The summed E-state index contributed by atoms with van der Waals surface area (Å²) in [6.45, 7) is 0.0179.